The van der Waals surface area contributed by atoms with Crippen LogP contribution in [-0.2, 0) is 4.79 Å². The van der Waals surface area contributed by atoms with Crippen molar-refractivity contribution in [2.24, 2.45) is 11.8 Å². The Bertz CT molecular complexity index is 308. The lowest BCUT2D eigenvalue weighted by Crippen LogP contribution is -2.47. The number of likely N-dealkylation sites (tertiary alicyclic amines) is 1. The summed E-state index contributed by atoms with van der Waals surface area (Å²) >= 11 is 0. The summed E-state index contributed by atoms with van der Waals surface area (Å²) in [6, 6.07) is -0.0713. The normalized spacial score (nSPS) is 20.9. The van der Waals surface area contributed by atoms with E-state index in [2.05, 4.69) is 10.6 Å². The van der Waals surface area contributed by atoms with E-state index in [-0.39, 0.29) is 18.4 Å². The number of carbonyl (C=O) groups is 2. The summed E-state index contributed by atoms with van der Waals surface area (Å²) in [4.78, 5) is 24.4. The van der Waals surface area contributed by atoms with E-state index in [1.54, 1.807) is 0 Å². The van der Waals surface area contributed by atoms with Crippen molar-refractivity contribution in [3.05, 3.63) is 0 Å². The molecule has 0 aliphatic carbocycles. The van der Waals surface area contributed by atoms with Gasteiger partial charge in [0.2, 0.25) is 0 Å². The first-order valence-corrected chi connectivity index (χ1v) is 6.92. The number of hydrogen-bond donors (Lipinski definition) is 3. The highest BCUT2D eigenvalue weighted by molar-refractivity contribution is 5.74. The van der Waals surface area contributed by atoms with Gasteiger partial charge in [0.05, 0.1) is 0 Å². The molecular formula is C13H25N3O3. The Morgan fingerprint density at radius 3 is 2.84 bits per heavy atom. The molecule has 2 amide bonds. The van der Waals surface area contributed by atoms with E-state index in [0.29, 0.717) is 12.5 Å². The Labute approximate surface area is 114 Å². The molecule has 3 N–H and O–H groups in total. The lowest BCUT2D eigenvalue weighted by Gasteiger charge is -2.33. The molecule has 0 aromatic carbocycles. The Balaban J connectivity index is 2.30. The van der Waals surface area contributed by atoms with Crippen LogP contribution in [0.3, 0.4) is 0 Å². The molecule has 1 saturated heterocycles. The third-order valence-electron chi connectivity index (χ3n) is 3.42. The van der Waals surface area contributed by atoms with E-state index < -0.39 is 5.97 Å². The molecule has 6 heteroatoms. The topological polar surface area (TPSA) is 81.7 Å². The molecule has 1 fully saturated rings. The molecule has 110 valence electrons. The molecule has 0 spiro atoms. The van der Waals surface area contributed by atoms with Crippen LogP contribution in [0.15, 0.2) is 0 Å². The first-order chi connectivity index (χ1) is 9.02. The zero-order valence-electron chi connectivity index (χ0n) is 11.8. The smallest absolute Gasteiger partial charge is 0.317 e. The zero-order chi connectivity index (χ0) is 14.3. The average molecular weight is 271 g/mol. The second-order valence-corrected chi connectivity index (χ2v) is 5.40. The highest BCUT2D eigenvalue weighted by Gasteiger charge is 2.23. The molecule has 19 heavy (non-hydrogen) atoms. The number of amides is 2. The minimum atomic E-state index is -0.825. The number of hydrogen-bond acceptors (Lipinski definition) is 3. The fourth-order valence-electron chi connectivity index (χ4n) is 2.45. The van der Waals surface area contributed by atoms with Crippen LogP contribution < -0.4 is 10.6 Å². The molecule has 6 nitrogen and oxygen atoms in total. The maximum atomic E-state index is 12.0. The van der Waals surface area contributed by atoms with Gasteiger partial charge in [-0.1, -0.05) is 6.92 Å². The van der Waals surface area contributed by atoms with Crippen LogP contribution >= 0.6 is 0 Å². The van der Waals surface area contributed by atoms with Crippen LogP contribution in [0, 0.1) is 11.8 Å². The maximum absolute atomic E-state index is 12.0. The quantitative estimate of drug-likeness (QED) is 0.665. The van der Waals surface area contributed by atoms with Gasteiger partial charge in [-0.3, -0.25) is 4.79 Å². The van der Waals surface area contributed by atoms with Gasteiger partial charge >= 0.3 is 12.0 Å². The van der Waals surface area contributed by atoms with Crippen LogP contribution in [0.25, 0.3) is 0 Å². The highest BCUT2D eigenvalue weighted by Crippen LogP contribution is 2.15. The number of carbonyl (C=O) groups excluding carboxylic acids is 1. The number of carboxylic acids is 1. The molecule has 0 bridgehead atoms. The number of aliphatic carboxylic acids is 1. The second-order valence-electron chi connectivity index (χ2n) is 5.40. The number of nitrogens with zero attached hydrogens (tertiary/aromatic N) is 1. The van der Waals surface area contributed by atoms with E-state index in [4.69, 9.17) is 5.11 Å². The van der Waals surface area contributed by atoms with Crippen molar-refractivity contribution in [1.29, 1.82) is 0 Å². The lowest BCUT2D eigenvalue weighted by atomic mass is 9.98. The van der Waals surface area contributed by atoms with Crippen molar-refractivity contribution >= 4 is 12.0 Å². The molecule has 0 radical (unpaired) electrons. The molecule has 0 aromatic rings. The van der Waals surface area contributed by atoms with Gasteiger partial charge in [-0.25, -0.2) is 4.79 Å². The number of rotatable bonds is 6. The second kappa shape index (κ2) is 7.99. The zero-order valence-corrected chi connectivity index (χ0v) is 11.8. The Morgan fingerprint density at radius 2 is 2.21 bits per heavy atom. The van der Waals surface area contributed by atoms with Gasteiger partial charge in [0.15, 0.2) is 0 Å². The summed E-state index contributed by atoms with van der Waals surface area (Å²) in [5.41, 5.74) is 0. The molecule has 0 saturated carbocycles. The third kappa shape index (κ3) is 5.92. The summed E-state index contributed by atoms with van der Waals surface area (Å²) < 4.78 is 0. The standard InChI is InChI=1S/C13H25N3O3/c1-10(6-12(17)18)7-15-13(19)16-5-3-4-11(9-16)8-14-2/h10-11,14H,3-9H2,1-2H3,(H,15,19)(H,17,18). The predicted molar refractivity (Wildman–Crippen MR) is 73.0 cm³/mol. The van der Waals surface area contributed by atoms with Crippen LogP contribution in [0.5, 0.6) is 0 Å². The van der Waals surface area contributed by atoms with E-state index in [0.717, 1.165) is 32.5 Å². The number of urea groups is 1. The largest absolute Gasteiger partial charge is 0.481 e. The van der Waals surface area contributed by atoms with E-state index in [1.165, 1.54) is 0 Å². The van der Waals surface area contributed by atoms with E-state index in [1.807, 2.05) is 18.9 Å². The minimum Gasteiger partial charge on any atom is -0.481 e. The van der Waals surface area contributed by atoms with Crippen molar-refractivity contribution in [3.8, 4) is 0 Å². The Hall–Kier alpha value is -1.30. The van der Waals surface area contributed by atoms with Crippen LogP contribution in [-0.4, -0.2) is 55.2 Å². The predicted octanol–water partition coefficient (Wildman–Crippen LogP) is 0.738. The van der Waals surface area contributed by atoms with Crippen LogP contribution in [0.4, 0.5) is 4.79 Å². The van der Waals surface area contributed by atoms with E-state index >= 15 is 0 Å². The van der Waals surface area contributed by atoms with Gasteiger partial charge in [-0.05, 0) is 38.3 Å². The minimum absolute atomic E-state index is 0.0423. The van der Waals surface area contributed by atoms with Gasteiger partial charge in [0, 0.05) is 26.1 Å². The Morgan fingerprint density at radius 1 is 1.47 bits per heavy atom. The summed E-state index contributed by atoms with van der Waals surface area (Å²) in [5, 5.41) is 14.6. The number of carboxylic acid groups (broad SMARTS) is 1. The average Bonchev–Trinajstić information content (AvgIpc) is 2.36. The number of piperidine rings is 1. The van der Waals surface area contributed by atoms with Crippen molar-refractivity contribution < 1.29 is 14.7 Å². The highest BCUT2D eigenvalue weighted by atomic mass is 16.4. The van der Waals surface area contributed by atoms with Crippen LogP contribution in [0.2, 0.25) is 0 Å². The molecule has 0 aromatic heterocycles. The SMILES string of the molecule is CNCC1CCCN(C(=O)NCC(C)CC(=O)O)C1. The van der Waals surface area contributed by atoms with Crippen LogP contribution in [0.1, 0.15) is 26.2 Å². The Kier molecular flexibility index (Phi) is 6.62. The molecule has 1 rings (SSSR count). The molecule has 1 aliphatic heterocycles. The van der Waals surface area contributed by atoms with Gasteiger partial charge in [-0.15, -0.1) is 0 Å². The number of nitrogens with one attached hydrogen (secondary N) is 2. The maximum Gasteiger partial charge on any atom is 0.317 e. The molecule has 2 unspecified atom stereocenters. The first kappa shape index (κ1) is 15.8. The third-order valence-corrected chi connectivity index (χ3v) is 3.42. The summed E-state index contributed by atoms with van der Waals surface area (Å²) in [5.74, 6) is -0.353. The van der Waals surface area contributed by atoms with E-state index in [9.17, 15) is 9.59 Å². The summed E-state index contributed by atoms with van der Waals surface area (Å²) in [7, 11) is 1.92. The molecule has 1 heterocycles. The van der Waals surface area contributed by atoms with Gasteiger partial charge in [-0.2, -0.15) is 0 Å². The van der Waals surface area contributed by atoms with Gasteiger partial charge < -0.3 is 20.6 Å². The van der Waals surface area contributed by atoms with Crippen molar-refractivity contribution in [3.63, 3.8) is 0 Å². The monoisotopic (exact) mass is 271 g/mol. The molecule has 1 aliphatic rings. The van der Waals surface area contributed by atoms with Gasteiger partial charge in [0.1, 0.15) is 0 Å². The van der Waals surface area contributed by atoms with Crippen molar-refractivity contribution in [2.45, 2.75) is 26.2 Å². The molecule has 2 atom stereocenters. The van der Waals surface area contributed by atoms with Gasteiger partial charge in [0.25, 0.3) is 0 Å². The van der Waals surface area contributed by atoms with Crippen molar-refractivity contribution in [1.82, 2.24) is 15.5 Å². The molecular weight excluding hydrogens is 246 g/mol. The van der Waals surface area contributed by atoms with Crippen molar-refractivity contribution in [2.75, 3.05) is 33.2 Å². The lowest BCUT2D eigenvalue weighted by molar-refractivity contribution is -0.137. The fraction of sp³-hybridized carbons (Fsp3) is 0.846. The first-order valence-electron chi connectivity index (χ1n) is 6.92. The summed E-state index contributed by atoms with van der Waals surface area (Å²) in [6.45, 7) is 4.74. The fourth-order valence-corrected chi connectivity index (χ4v) is 2.45. The summed E-state index contributed by atoms with van der Waals surface area (Å²) in [6.07, 6.45) is 2.27.